The molecule has 0 unspecified atom stereocenters. The number of piperidine rings is 1. The van der Waals surface area contributed by atoms with Crippen molar-refractivity contribution in [3.8, 4) is 0 Å². The number of non-ortho nitro benzene ring substituents is 1. The van der Waals surface area contributed by atoms with Gasteiger partial charge in [-0.2, -0.15) is 4.31 Å². The van der Waals surface area contributed by atoms with Crippen LogP contribution in [0, 0.1) is 23.0 Å². The smallest absolute Gasteiger partial charge is 0.308 e. The SMILES string of the molecule is Cc1cc([N+](=O)[O-])ccc1S(=O)(=O)N1CCC[C@@H](C(=O)O)[C@H]1C. The van der Waals surface area contributed by atoms with Gasteiger partial charge in [0.1, 0.15) is 0 Å². The summed E-state index contributed by atoms with van der Waals surface area (Å²) in [6.45, 7) is 3.31. The summed E-state index contributed by atoms with van der Waals surface area (Å²) < 4.78 is 26.8. The molecule has 0 bridgehead atoms. The predicted octanol–water partition coefficient (Wildman–Crippen LogP) is 1.78. The maximum absolute atomic E-state index is 12.8. The molecule has 2 atom stereocenters. The van der Waals surface area contributed by atoms with Crippen LogP contribution < -0.4 is 0 Å². The van der Waals surface area contributed by atoms with Crippen molar-refractivity contribution in [2.24, 2.45) is 5.92 Å². The van der Waals surface area contributed by atoms with Gasteiger partial charge in [0.05, 0.1) is 15.7 Å². The maximum atomic E-state index is 12.8. The molecule has 1 aliphatic heterocycles. The number of sulfonamides is 1. The van der Waals surface area contributed by atoms with E-state index in [1.807, 2.05) is 0 Å². The van der Waals surface area contributed by atoms with Crippen LogP contribution in [0.5, 0.6) is 0 Å². The molecule has 0 amide bonds. The third-order valence-corrected chi connectivity index (χ3v) is 6.35. The number of nitro benzene ring substituents is 1. The lowest BCUT2D eigenvalue weighted by atomic mass is 9.92. The highest BCUT2D eigenvalue weighted by Gasteiger charge is 2.40. The first-order chi connectivity index (χ1) is 10.7. The molecule has 0 saturated carbocycles. The zero-order valence-corrected chi connectivity index (χ0v) is 13.6. The van der Waals surface area contributed by atoms with E-state index in [1.54, 1.807) is 6.92 Å². The molecule has 0 spiro atoms. The van der Waals surface area contributed by atoms with Crippen molar-refractivity contribution < 1.29 is 23.2 Å². The van der Waals surface area contributed by atoms with Crippen LogP contribution in [0.15, 0.2) is 23.1 Å². The van der Waals surface area contributed by atoms with Gasteiger partial charge in [0.25, 0.3) is 5.69 Å². The lowest BCUT2D eigenvalue weighted by Crippen LogP contribution is -2.49. The molecule has 1 aromatic rings. The Morgan fingerprint density at radius 3 is 2.61 bits per heavy atom. The highest BCUT2D eigenvalue weighted by atomic mass is 32.2. The second-order valence-corrected chi connectivity index (χ2v) is 7.51. The minimum Gasteiger partial charge on any atom is -0.481 e. The lowest BCUT2D eigenvalue weighted by Gasteiger charge is -2.36. The number of benzene rings is 1. The van der Waals surface area contributed by atoms with Gasteiger partial charge < -0.3 is 5.11 Å². The zero-order valence-electron chi connectivity index (χ0n) is 12.8. The minimum atomic E-state index is -3.90. The van der Waals surface area contributed by atoms with Crippen LogP contribution in [0.4, 0.5) is 5.69 Å². The van der Waals surface area contributed by atoms with Crippen LogP contribution in [0.2, 0.25) is 0 Å². The lowest BCUT2D eigenvalue weighted by molar-refractivity contribution is -0.385. The van der Waals surface area contributed by atoms with Crippen LogP contribution in [0.25, 0.3) is 0 Å². The molecule has 0 radical (unpaired) electrons. The Morgan fingerprint density at radius 2 is 2.09 bits per heavy atom. The maximum Gasteiger partial charge on any atom is 0.308 e. The fourth-order valence-corrected chi connectivity index (χ4v) is 4.86. The molecule has 1 heterocycles. The number of rotatable bonds is 4. The van der Waals surface area contributed by atoms with Gasteiger partial charge in [-0.15, -0.1) is 0 Å². The third-order valence-electron chi connectivity index (χ3n) is 4.20. The largest absolute Gasteiger partial charge is 0.481 e. The molecule has 1 aliphatic rings. The number of hydrogen-bond acceptors (Lipinski definition) is 5. The number of carboxylic acid groups (broad SMARTS) is 1. The van der Waals surface area contributed by atoms with Crippen LogP contribution in [-0.2, 0) is 14.8 Å². The van der Waals surface area contributed by atoms with Crippen molar-refractivity contribution in [2.75, 3.05) is 6.54 Å². The Bertz CT molecular complexity index is 746. The van der Waals surface area contributed by atoms with Crippen LogP contribution >= 0.6 is 0 Å². The summed E-state index contributed by atoms with van der Waals surface area (Å²) in [6.07, 6.45) is 0.897. The van der Waals surface area contributed by atoms with E-state index in [9.17, 15) is 28.4 Å². The van der Waals surface area contributed by atoms with Crippen LogP contribution in [-0.4, -0.2) is 41.3 Å². The van der Waals surface area contributed by atoms with Crippen molar-refractivity contribution in [2.45, 2.75) is 37.6 Å². The second-order valence-electron chi connectivity index (χ2n) is 5.65. The standard InChI is InChI=1S/C14H18N2O6S/c1-9-8-11(16(19)20)5-6-13(9)23(21,22)15-7-3-4-12(10(15)2)14(17)18/h5-6,8,10,12H,3-4,7H2,1-2H3,(H,17,18)/t10-,12-/m1/s1. The van der Waals surface area contributed by atoms with Crippen molar-refractivity contribution >= 4 is 21.7 Å². The summed E-state index contributed by atoms with van der Waals surface area (Å²) in [5.74, 6) is -1.77. The summed E-state index contributed by atoms with van der Waals surface area (Å²) >= 11 is 0. The number of carboxylic acids is 1. The van der Waals surface area contributed by atoms with E-state index in [-0.39, 0.29) is 22.7 Å². The third kappa shape index (κ3) is 3.20. The molecule has 1 aromatic carbocycles. The molecule has 1 N–H and O–H groups in total. The fraction of sp³-hybridized carbons (Fsp3) is 0.500. The minimum absolute atomic E-state index is 0.0269. The molecule has 0 aromatic heterocycles. The Labute approximate surface area is 133 Å². The van der Waals surface area contributed by atoms with Crippen molar-refractivity contribution in [3.05, 3.63) is 33.9 Å². The number of aliphatic carboxylic acids is 1. The van der Waals surface area contributed by atoms with Gasteiger partial charge in [0, 0.05) is 24.7 Å². The summed E-state index contributed by atoms with van der Waals surface area (Å²) in [5, 5.41) is 20.0. The van der Waals surface area contributed by atoms with Gasteiger partial charge >= 0.3 is 5.97 Å². The van der Waals surface area contributed by atoms with Crippen molar-refractivity contribution in [1.82, 2.24) is 4.31 Å². The molecule has 2 rings (SSSR count). The molecule has 8 nitrogen and oxygen atoms in total. The first-order valence-corrected chi connectivity index (χ1v) is 8.60. The van der Waals surface area contributed by atoms with Crippen LogP contribution in [0.3, 0.4) is 0 Å². The molecule has 0 aliphatic carbocycles. The molecular weight excluding hydrogens is 324 g/mol. The van der Waals surface area contributed by atoms with E-state index in [4.69, 9.17) is 0 Å². The highest BCUT2D eigenvalue weighted by molar-refractivity contribution is 7.89. The summed E-state index contributed by atoms with van der Waals surface area (Å²) in [4.78, 5) is 21.4. The van der Waals surface area contributed by atoms with Gasteiger partial charge in [-0.1, -0.05) is 0 Å². The van der Waals surface area contributed by atoms with E-state index < -0.39 is 32.9 Å². The average molecular weight is 342 g/mol. The second kappa shape index (κ2) is 6.25. The molecule has 1 fully saturated rings. The Hall–Kier alpha value is -2.00. The normalized spacial score (nSPS) is 22.7. The molecule has 9 heteroatoms. The Kier molecular flexibility index (Phi) is 4.71. The number of aryl methyl sites for hydroxylation is 1. The van der Waals surface area contributed by atoms with Crippen LogP contribution in [0.1, 0.15) is 25.3 Å². The van der Waals surface area contributed by atoms with E-state index >= 15 is 0 Å². The average Bonchev–Trinajstić information content (AvgIpc) is 2.46. The van der Waals surface area contributed by atoms with Gasteiger partial charge in [-0.25, -0.2) is 8.42 Å². The Morgan fingerprint density at radius 1 is 1.43 bits per heavy atom. The quantitative estimate of drug-likeness (QED) is 0.658. The molecule has 1 saturated heterocycles. The Balaban J connectivity index is 2.42. The van der Waals surface area contributed by atoms with E-state index in [1.165, 1.54) is 23.4 Å². The molecule has 126 valence electrons. The van der Waals surface area contributed by atoms with Gasteiger partial charge in [0.15, 0.2) is 0 Å². The van der Waals surface area contributed by atoms with E-state index in [2.05, 4.69) is 0 Å². The summed E-state index contributed by atoms with van der Waals surface area (Å²) in [5.41, 5.74) is 0.0837. The number of nitro groups is 1. The van der Waals surface area contributed by atoms with E-state index in [0.29, 0.717) is 12.8 Å². The highest BCUT2D eigenvalue weighted by Crippen LogP contribution is 2.31. The molecular formula is C14H18N2O6S. The van der Waals surface area contributed by atoms with Gasteiger partial charge in [0.2, 0.25) is 10.0 Å². The van der Waals surface area contributed by atoms with Crippen molar-refractivity contribution in [1.29, 1.82) is 0 Å². The summed E-state index contributed by atoms with van der Waals surface area (Å²) in [7, 11) is -3.90. The van der Waals surface area contributed by atoms with Gasteiger partial charge in [-0.3, -0.25) is 14.9 Å². The molecule has 23 heavy (non-hydrogen) atoms. The number of hydrogen-bond donors (Lipinski definition) is 1. The first kappa shape index (κ1) is 17.4. The van der Waals surface area contributed by atoms with E-state index in [0.717, 1.165) is 6.07 Å². The fourth-order valence-electron chi connectivity index (χ4n) is 2.94. The van der Waals surface area contributed by atoms with Crippen molar-refractivity contribution in [3.63, 3.8) is 0 Å². The first-order valence-electron chi connectivity index (χ1n) is 7.16. The number of carbonyl (C=O) groups is 1. The number of nitrogens with zero attached hydrogens (tertiary/aromatic N) is 2. The topological polar surface area (TPSA) is 118 Å². The monoisotopic (exact) mass is 342 g/mol. The summed E-state index contributed by atoms with van der Waals surface area (Å²) in [6, 6.07) is 2.89. The zero-order chi connectivity index (χ0) is 17.4. The predicted molar refractivity (Wildman–Crippen MR) is 81.5 cm³/mol. The van der Waals surface area contributed by atoms with Gasteiger partial charge in [-0.05, 0) is 38.3 Å².